The highest BCUT2D eigenvalue weighted by molar-refractivity contribution is 5.94. The molecule has 1 unspecified atom stereocenters. The molecule has 0 aliphatic heterocycles. The molecule has 2 N–H and O–H groups in total. The lowest BCUT2D eigenvalue weighted by Crippen LogP contribution is -2.33. The molecule has 5 nitrogen and oxygen atoms in total. The molecule has 0 aromatic heterocycles. The predicted octanol–water partition coefficient (Wildman–Crippen LogP) is 1.37. The van der Waals surface area contributed by atoms with Gasteiger partial charge in [-0.25, -0.2) is 0 Å². The summed E-state index contributed by atoms with van der Waals surface area (Å²) in [5.74, 6) is 1.38. The van der Waals surface area contributed by atoms with Crippen molar-refractivity contribution in [3.63, 3.8) is 0 Å². The third kappa shape index (κ3) is 3.86. The van der Waals surface area contributed by atoms with Gasteiger partial charge in [0, 0.05) is 19.2 Å². The molecular weight excluding hydrogens is 244 g/mol. The van der Waals surface area contributed by atoms with Crippen molar-refractivity contribution < 1.29 is 14.3 Å². The zero-order valence-corrected chi connectivity index (χ0v) is 12.0. The Labute approximate surface area is 114 Å². The predicted molar refractivity (Wildman–Crippen MR) is 74.7 cm³/mol. The maximum absolute atomic E-state index is 12.3. The van der Waals surface area contributed by atoms with Crippen molar-refractivity contribution in [2.24, 2.45) is 11.7 Å². The number of rotatable bonds is 6. The second-order valence-electron chi connectivity index (χ2n) is 4.60. The summed E-state index contributed by atoms with van der Waals surface area (Å²) in [5.41, 5.74) is 6.14. The molecule has 0 radical (unpaired) electrons. The van der Waals surface area contributed by atoms with Crippen LogP contribution < -0.4 is 15.2 Å². The largest absolute Gasteiger partial charge is 0.493 e. The minimum atomic E-state index is -0.0544. The Morgan fingerprint density at radius 2 is 1.95 bits per heavy atom. The fourth-order valence-electron chi connectivity index (χ4n) is 1.81. The van der Waals surface area contributed by atoms with E-state index in [1.54, 1.807) is 44.4 Å². The number of benzene rings is 1. The Morgan fingerprint density at radius 3 is 2.47 bits per heavy atom. The van der Waals surface area contributed by atoms with Crippen LogP contribution in [0, 0.1) is 5.92 Å². The second-order valence-corrected chi connectivity index (χ2v) is 4.60. The van der Waals surface area contributed by atoms with Gasteiger partial charge in [0.1, 0.15) is 0 Å². The molecule has 1 aromatic rings. The molecule has 5 heteroatoms. The molecule has 1 atom stereocenters. The Bertz CT molecular complexity index is 435. The van der Waals surface area contributed by atoms with Crippen LogP contribution in [0.2, 0.25) is 0 Å². The average Bonchev–Trinajstić information content (AvgIpc) is 2.45. The lowest BCUT2D eigenvalue weighted by molar-refractivity contribution is 0.0777. The number of amides is 1. The van der Waals surface area contributed by atoms with Crippen molar-refractivity contribution in [2.75, 3.05) is 34.4 Å². The molecule has 1 amide bonds. The quantitative estimate of drug-likeness (QED) is 0.844. The molecule has 0 fully saturated rings. The monoisotopic (exact) mass is 266 g/mol. The van der Waals surface area contributed by atoms with Gasteiger partial charge in [0.05, 0.1) is 14.2 Å². The lowest BCUT2D eigenvalue weighted by Gasteiger charge is -2.21. The maximum Gasteiger partial charge on any atom is 0.253 e. The van der Waals surface area contributed by atoms with Gasteiger partial charge in [0.25, 0.3) is 5.91 Å². The fraction of sp³-hybridized carbons (Fsp3) is 0.500. The van der Waals surface area contributed by atoms with Crippen LogP contribution in [-0.4, -0.2) is 45.2 Å². The van der Waals surface area contributed by atoms with E-state index in [0.29, 0.717) is 30.2 Å². The second kappa shape index (κ2) is 6.99. The van der Waals surface area contributed by atoms with Crippen molar-refractivity contribution in [1.82, 2.24) is 4.90 Å². The number of carbonyl (C=O) groups is 1. The van der Waals surface area contributed by atoms with Crippen molar-refractivity contribution in [3.05, 3.63) is 23.8 Å². The molecule has 0 aliphatic carbocycles. The zero-order chi connectivity index (χ0) is 14.4. The first-order valence-corrected chi connectivity index (χ1v) is 6.21. The standard InChI is InChI=1S/C14H22N2O3/c1-10(8-15)9-16(2)14(17)11-5-6-12(18-3)13(7-11)19-4/h5-7,10H,8-9,15H2,1-4H3. The number of carbonyl (C=O) groups excluding carboxylic acids is 1. The minimum absolute atomic E-state index is 0.0544. The summed E-state index contributed by atoms with van der Waals surface area (Å²) in [6.45, 7) is 3.20. The van der Waals surface area contributed by atoms with Gasteiger partial charge in [-0.15, -0.1) is 0 Å². The van der Waals surface area contributed by atoms with Crippen LogP contribution >= 0.6 is 0 Å². The van der Waals surface area contributed by atoms with E-state index in [0.717, 1.165) is 0 Å². The first-order chi connectivity index (χ1) is 9.03. The Kier molecular flexibility index (Phi) is 5.63. The highest BCUT2D eigenvalue weighted by Crippen LogP contribution is 2.27. The van der Waals surface area contributed by atoms with Gasteiger partial charge in [-0.2, -0.15) is 0 Å². The van der Waals surface area contributed by atoms with E-state index < -0.39 is 0 Å². The summed E-state index contributed by atoms with van der Waals surface area (Å²) < 4.78 is 10.3. The number of nitrogens with zero attached hydrogens (tertiary/aromatic N) is 1. The number of ether oxygens (including phenoxy) is 2. The van der Waals surface area contributed by atoms with E-state index >= 15 is 0 Å². The highest BCUT2D eigenvalue weighted by Gasteiger charge is 2.16. The van der Waals surface area contributed by atoms with Crippen LogP contribution in [0.5, 0.6) is 11.5 Å². The fourth-order valence-corrected chi connectivity index (χ4v) is 1.81. The van der Waals surface area contributed by atoms with Gasteiger partial charge >= 0.3 is 0 Å². The van der Waals surface area contributed by atoms with Crippen molar-refractivity contribution in [2.45, 2.75) is 6.92 Å². The summed E-state index contributed by atoms with van der Waals surface area (Å²) >= 11 is 0. The van der Waals surface area contributed by atoms with E-state index in [1.165, 1.54) is 0 Å². The molecule has 0 aliphatic rings. The average molecular weight is 266 g/mol. The normalized spacial score (nSPS) is 11.8. The number of methoxy groups -OCH3 is 2. The van der Waals surface area contributed by atoms with Crippen LogP contribution in [0.4, 0.5) is 0 Å². The van der Waals surface area contributed by atoms with E-state index in [4.69, 9.17) is 15.2 Å². The third-order valence-electron chi connectivity index (χ3n) is 2.97. The van der Waals surface area contributed by atoms with E-state index in [2.05, 4.69) is 0 Å². The molecule has 1 aromatic carbocycles. The Balaban J connectivity index is 2.87. The van der Waals surface area contributed by atoms with Crippen molar-refractivity contribution in [1.29, 1.82) is 0 Å². The van der Waals surface area contributed by atoms with E-state index in [1.807, 2.05) is 6.92 Å². The zero-order valence-electron chi connectivity index (χ0n) is 12.0. The molecule has 106 valence electrons. The van der Waals surface area contributed by atoms with Gasteiger partial charge in [0.15, 0.2) is 11.5 Å². The lowest BCUT2D eigenvalue weighted by atomic mass is 10.1. The third-order valence-corrected chi connectivity index (χ3v) is 2.97. The van der Waals surface area contributed by atoms with Gasteiger partial charge in [-0.1, -0.05) is 6.92 Å². The molecule has 19 heavy (non-hydrogen) atoms. The minimum Gasteiger partial charge on any atom is -0.493 e. The number of nitrogens with two attached hydrogens (primary N) is 1. The van der Waals surface area contributed by atoms with Crippen LogP contribution in [0.3, 0.4) is 0 Å². The molecular formula is C14H22N2O3. The van der Waals surface area contributed by atoms with Gasteiger partial charge in [0.2, 0.25) is 0 Å². The first-order valence-electron chi connectivity index (χ1n) is 6.21. The SMILES string of the molecule is COc1ccc(C(=O)N(C)CC(C)CN)cc1OC. The van der Waals surface area contributed by atoms with Gasteiger partial charge in [-0.05, 0) is 30.7 Å². The molecule has 0 bridgehead atoms. The summed E-state index contributed by atoms with van der Waals surface area (Å²) in [6.07, 6.45) is 0. The van der Waals surface area contributed by atoms with Crippen LogP contribution in [0.1, 0.15) is 17.3 Å². The Hall–Kier alpha value is -1.75. The van der Waals surface area contributed by atoms with Gasteiger partial charge < -0.3 is 20.1 Å². The smallest absolute Gasteiger partial charge is 0.253 e. The van der Waals surface area contributed by atoms with Gasteiger partial charge in [-0.3, -0.25) is 4.79 Å². The summed E-state index contributed by atoms with van der Waals surface area (Å²) in [5, 5.41) is 0. The van der Waals surface area contributed by atoms with Crippen LogP contribution in [-0.2, 0) is 0 Å². The van der Waals surface area contributed by atoms with E-state index in [9.17, 15) is 4.79 Å². The molecule has 0 heterocycles. The Morgan fingerprint density at radius 1 is 1.32 bits per heavy atom. The molecule has 0 saturated carbocycles. The van der Waals surface area contributed by atoms with Crippen molar-refractivity contribution >= 4 is 5.91 Å². The van der Waals surface area contributed by atoms with Crippen LogP contribution in [0.25, 0.3) is 0 Å². The maximum atomic E-state index is 12.3. The molecule has 1 rings (SSSR count). The first kappa shape index (κ1) is 15.3. The number of hydrogen-bond donors (Lipinski definition) is 1. The molecule has 0 saturated heterocycles. The van der Waals surface area contributed by atoms with E-state index in [-0.39, 0.29) is 11.8 Å². The molecule has 0 spiro atoms. The summed E-state index contributed by atoms with van der Waals surface area (Å²) in [7, 11) is 4.88. The number of hydrogen-bond acceptors (Lipinski definition) is 4. The summed E-state index contributed by atoms with van der Waals surface area (Å²) in [4.78, 5) is 13.9. The van der Waals surface area contributed by atoms with Crippen LogP contribution in [0.15, 0.2) is 18.2 Å². The topological polar surface area (TPSA) is 64.8 Å². The highest BCUT2D eigenvalue weighted by atomic mass is 16.5. The van der Waals surface area contributed by atoms with Crippen molar-refractivity contribution in [3.8, 4) is 11.5 Å². The summed E-state index contributed by atoms with van der Waals surface area (Å²) in [6, 6.07) is 5.14.